The molecule has 0 spiro atoms. The first-order valence-electron chi connectivity index (χ1n) is 6.30. The number of benzene rings is 1. The highest BCUT2D eigenvalue weighted by Gasteiger charge is 2.37. The number of nitrogens with zero attached hydrogens (tertiary/aromatic N) is 1. The van der Waals surface area contributed by atoms with Crippen LogP contribution in [0, 0.1) is 21.8 Å². The minimum Gasteiger partial charge on any atom is -0.465 e. The Morgan fingerprint density at radius 2 is 2.30 bits per heavy atom. The summed E-state index contributed by atoms with van der Waals surface area (Å²) in [4.78, 5) is 21.7. The number of nitro benzene ring substituents is 1. The van der Waals surface area contributed by atoms with E-state index in [2.05, 4.69) is 10.1 Å². The molecule has 6 nitrogen and oxygen atoms in total. The monoisotopic (exact) mass is 282 g/mol. The maximum Gasteiger partial charge on any atom is 0.340 e. The summed E-state index contributed by atoms with van der Waals surface area (Å²) in [6.07, 6.45) is 1.88. The van der Waals surface area contributed by atoms with E-state index >= 15 is 0 Å². The Bertz CT molecular complexity index is 562. The van der Waals surface area contributed by atoms with Crippen molar-refractivity contribution >= 4 is 17.3 Å². The van der Waals surface area contributed by atoms with Gasteiger partial charge in [-0.1, -0.05) is 13.3 Å². The average molecular weight is 282 g/mol. The van der Waals surface area contributed by atoms with Crippen LogP contribution in [0.4, 0.5) is 15.8 Å². The smallest absolute Gasteiger partial charge is 0.340 e. The van der Waals surface area contributed by atoms with Crippen molar-refractivity contribution in [2.24, 2.45) is 5.92 Å². The fourth-order valence-corrected chi connectivity index (χ4v) is 2.17. The topological polar surface area (TPSA) is 81.5 Å². The van der Waals surface area contributed by atoms with Gasteiger partial charge in [-0.25, -0.2) is 9.18 Å². The number of carbonyl (C=O) groups is 1. The van der Waals surface area contributed by atoms with Gasteiger partial charge in [0.2, 0.25) is 0 Å². The van der Waals surface area contributed by atoms with Gasteiger partial charge in [-0.15, -0.1) is 0 Å². The minimum absolute atomic E-state index is 0.134. The zero-order valence-electron chi connectivity index (χ0n) is 11.2. The van der Waals surface area contributed by atoms with Crippen LogP contribution < -0.4 is 5.32 Å². The van der Waals surface area contributed by atoms with Crippen LogP contribution in [0.5, 0.6) is 0 Å². The molecule has 20 heavy (non-hydrogen) atoms. The summed E-state index contributed by atoms with van der Waals surface area (Å²) in [6.45, 7) is 2.03. The van der Waals surface area contributed by atoms with E-state index in [0.717, 1.165) is 32.1 Å². The molecule has 0 heterocycles. The van der Waals surface area contributed by atoms with Crippen molar-refractivity contribution in [2.45, 2.75) is 25.8 Å². The predicted molar refractivity (Wildman–Crippen MR) is 70.2 cm³/mol. The number of nitrogens with one attached hydrogen (secondary N) is 1. The number of nitro groups is 1. The van der Waals surface area contributed by atoms with Crippen molar-refractivity contribution in [3.63, 3.8) is 0 Å². The van der Waals surface area contributed by atoms with E-state index in [9.17, 15) is 19.3 Å². The maximum absolute atomic E-state index is 13.7. The van der Waals surface area contributed by atoms with Gasteiger partial charge in [0.25, 0.3) is 5.69 Å². The number of esters is 1. The van der Waals surface area contributed by atoms with Crippen LogP contribution >= 0.6 is 0 Å². The molecule has 0 aliphatic heterocycles. The van der Waals surface area contributed by atoms with E-state index in [1.165, 1.54) is 0 Å². The van der Waals surface area contributed by atoms with Crippen molar-refractivity contribution in [3.05, 3.63) is 33.6 Å². The summed E-state index contributed by atoms with van der Waals surface area (Å²) in [7, 11) is 1.13. The number of ether oxygens (including phenoxy) is 1. The summed E-state index contributed by atoms with van der Waals surface area (Å²) in [5.41, 5.74) is -0.538. The van der Waals surface area contributed by atoms with Crippen molar-refractivity contribution < 1.29 is 18.8 Å². The molecule has 0 saturated heterocycles. The van der Waals surface area contributed by atoms with E-state index in [-0.39, 0.29) is 23.0 Å². The molecule has 0 radical (unpaired) electrons. The third kappa shape index (κ3) is 2.71. The van der Waals surface area contributed by atoms with Crippen molar-refractivity contribution in [3.8, 4) is 0 Å². The van der Waals surface area contributed by atoms with Crippen molar-refractivity contribution in [2.75, 3.05) is 12.4 Å². The molecule has 1 aliphatic rings. The zero-order chi connectivity index (χ0) is 14.9. The average Bonchev–Trinajstić information content (AvgIpc) is 3.17. The third-order valence-electron chi connectivity index (χ3n) is 3.48. The highest BCUT2D eigenvalue weighted by molar-refractivity contribution is 5.92. The minimum atomic E-state index is -0.961. The number of hydrogen-bond acceptors (Lipinski definition) is 5. The van der Waals surface area contributed by atoms with Gasteiger partial charge in [0, 0.05) is 6.04 Å². The highest BCUT2D eigenvalue weighted by atomic mass is 19.1. The van der Waals surface area contributed by atoms with Gasteiger partial charge in [-0.2, -0.15) is 0 Å². The molecule has 0 amide bonds. The van der Waals surface area contributed by atoms with Crippen molar-refractivity contribution in [1.82, 2.24) is 0 Å². The van der Waals surface area contributed by atoms with Gasteiger partial charge in [0.15, 0.2) is 0 Å². The van der Waals surface area contributed by atoms with Crippen LogP contribution in [0.3, 0.4) is 0 Å². The second-order valence-corrected chi connectivity index (χ2v) is 4.75. The molecule has 7 heteroatoms. The summed E-state index contributed by atoms with van der Waals surface area (Å²) in [5, 5.41) is 14.0. The molecule has 108 valence electrons. The lowest BCUT2D eigenvalue weighted by Gasteiger charge is -2.09. The Morgan fingerprint density at radius 1 is 1.60 bits per heavy atom. The number of carbonyl (C=O) groups excluding carboxylic acids is 1. The third-order valence-corrected chi connectivity index (χ3v) is 3.48. The molecule has 1 N–H and O–H groups in total. The van der Waals surface area contributed by atoms with Gasteiger partial charge >= 0.3 is 5.97 Å². The lowest BCUT2D eigenvalue weighted by atomic mass is 10.1. The summed E-state index contributed by atoms with van der Waals surface area (Å²) < 4.78 is 18.1. The molecule has 1 aliphatic carbocycles. The number of hydrogen-bond donors (Lipinski definition) is 1. The molecule has 2 unspecified atom stereocenters. The largest absolute Gasteiger partial charge is 0.465 e. The van der Waals surface area contributed by atoms with E-state index in [1.54, 1.807) is 0 Å². The summed E-state index contributed by atoms with van der Waals surface area (Å²) in [5.74, 6) is -1.36. The molecule has 0 bridgehead atoms. The van der Waals surface area contributed by atoms with Gasteiger partial charge < -0.3 is 10.1 Å². The van der Waals surface area contributed by atoms with Crippen LogP contribution in [0.15, 0.2) is 12.1 Å². The molecule has 1 saturated carbocycles. The Balaban J connectivity index is 2.35. The molecule has 2 atom stereocenters. The molecular formula is C13H15FN2O4. The fraction of sp³-hybridized carbons (Fsp3) is 0.462. The van der Waals surface area contributed by atoms with Crippen LogP contribution in [-0.2, 0) is 4.74 Å². The van der Waals surface area contributed by atoms with E-state index in [0.29, 0.717) is 5.92 Å². The second-order valence-electron chi connectivity index (χ2n) is 4.75. The lowest BCUT2D eigenvalue weighted by Crippen LogP contribution is -2.11. The fourth-order valence-electron chi connectivity index (χ4n) is 2.17. The number of rotatable bonds is 5. The van der Waals surface area contributed by atoms with E-state index in [1.807, 2.05) is 6.92 Å². The van der Waals surface area contributed by atoms with Crippen LogP contribution in [-0.4, -0.2) is 24.0 Å². The Kier molecular flexibility index (Phi) is 3.87. The van der Waals surface area contributed by atoms with Crippen LogP contribution in [0.25, 0.3) is 0 Å². The maximum atomic E-state index is 13.7. The van der Waals surface area contributed by atoms with E-state index in [4.69, 9.17) is 0 Å². The first kappa shape index (κ1) is 14.2. The molecule has 1 fully saturated rings. The Morgan fingerprint density at radius 3 is 2.80 bits per heavy atom. The standard InChI is InChI=1S/C13H15FN2O4/c1-3-7-4-10(7)15-11-5-8(13(17)20-2)9(14)6-12(11)16(18)19/h5-7,10,15H,3-4H2,1-2H3. The Hall–Kier alpha value is -2.18. The second kappa shape index (κ2) is 5.44. The van der Waals surface area contributed by atoms with Crippen LogP contribution in [0.2, 0.25) is 0 Å². The van der Waals surface area contributed by atoms with Crippen molar-refractivity contribution in [1.29, 1.82) is 0 Å². The number of halogens is 1. The molecule has 2 rings (SSSR count). The first-order valence-corrected chi connectivity index (χ1v) is 6.30. The van der Waals surface area contributed by atoms with Gasteiger partial charge in [-0.3, -0.25) is 10.1 Å². The quantitative estimate of drug-likeness (QED) is 0.510. The summed E-state index contributed by atoms with van der Waals surface area (Å²) in [6, 6.07) is 2.03. The number of methoxy groups -OCH3 is 1. The number of anilines is 1. The molecular weight excluding hydrogens is 267 g/mol. The van der Waals surface area contributed by atoms with Gasteiger partial charge in [-0.05, 0) is 18.4 Å². The zero-order valence-corrected chi connectivity index (χ0v) is 11.2. The Labute approximate surface area is 115 Å². The van der Waals surface area contributed by atoms with Gasteiger partial charge in [0.05, 0.1) is 23.7 Å². The van der Waals surface area contributed by atoms with Crippen LogP contribution in [0.1, 0.15) is 30.1 Å². The molecule has 1 aromatic rings. The highest BCUT2D eigenvalue weighted by Crippen LogP contribution is 2.39. The molecule has 1 aromatic carbocycles. The summed E-state index contributed by atoms with van der Waals surface area (Å²) >= 11 is 0. The first-order chi connectivity index (χ1) is 9.47. The normalized spacial score (nSPS) is 20.4. The molecule has 0 aromatic heterocycles. The predicted octanol–water partition coefficient (Wildman–Crippen LogP) is 2.73. The lowest BCUT2D eigenvalue weighted by molar-refractivity contribution is -0.384. The van der Waals surface area contributed by atoms with Gasteiger partial charge in [0.1, 0.15) is 11.5 Å². The van der Waals surface area contributed by atoms with E-state index < -0.39 is 16.7 Å². The SMILES string of the molecule is CCC1CC1Nc1cc(C(=O)OC)c(F)cc1[N+](=O)[O-].